The van der Waals surface area contributed by atoms with Crippen molar-refractivity contribution < 1.29 is 9.53 Å². The fourth-order valence-electron chi connectivity index (χ4n) is 3.37. The number of fused-ring (bicyclic) bond motifs is 1. The lowest BCUT2D eigenvalue weighted by molar-refractivity contribution is -0.116. The molecular formula is C22H26N4O4. The summed E-state index contributed by atoms with van der Waals surface area (Å²) >= 11 is 0. The van der Waals surface area contributed by atoms with E-state index in [1.807, 2.05) is 38.1 Å². The van der Waals surface area contributed by atoms with Crippen molar-refractivity contribution in [2.75, 3.05) is 12.4 Å². The molecule has 1 amide bonds. The first-order valence-corrected chi connectivity index (χ1v) is 9.76. The third-order valence-electron chi connectivity index (χ3n) is 5.18. The van der Waals surface area contributed by atoms with Crippen molar-refractivity contribution in [1.29, 1.82) is 0 Å². The maximum atomic E-state index is 12.9. The number of methoxy groups -OCH3 is 1. The van der Waals surface area contributed by atoms with Crippen molar-refractivity contribution >= 4 is 22.6 Å². The highest BCUT2D eigenvalue weighted by Crippen LogP contribution is 2.28. The van der Waals surface area contributed by atoms with Gasteiger partial charge in [-0.05, 0) is 35.6 Å². The first-order valence-electron chi connectivity index (χ1n) is 9.76. The summed E-state index contributed by atoms with van der Waals surface area (Å²) in [6, 6.07) is 7.54. The minimum Gasteiger partial charge on any atom is -0.497 e. The molecule has 0 saturated carbocycles. The number of amides is 1. The third kappa shape index (κ3) is 3.98. The van der Waals surface area contributed by atoms with Crippen LogP contribution < -0.4 is 21.3 Å². The van der Waals surface area contributed by atoms with Gasteiger partial charge in [-0.1, -0.05) is 26.0 Å². The lowest BCUT2D eigenvalue weighted by Crippen LogP contribution is -2.38. The summed E-state index contributed by atoms with van der Waals surface area (Å²) in [5, 5.41) is 3.15. The molecule has 8 heteroatoms. The highest BCUT2D eigenvalue weighted by atomic mass is 16.5. The number of rotatable bonds is 6. The second-order valence-electron chi connectivity index (χ2n) is 7.54. The summed E-state index contributed by atoms with van der Waals surface area (Å²) < 4.78 is 7.49. The molecule has 0 radical (unpaired) electrons. The van der Waals surface area contributed by atoms with Crippen LogP contribution in [0, 0.1) is 0 Å². The van der Waals surface area contributed by atoms with Crippen LogP contribution in [-0.4, -0.2) is 27.1 Å². The molecule has 8 nitrogen and oxygen atoms in total. The Bertz CT molecular complexity index is 1210. The minimum atomic E-state index is -0.478. The van der Waals surface area contributed by atoms with E-state index in [9.17, 15) is 14.4 Å². The van der Waals surface area contributed by atoms with Gasteiger partial charge in [-0.3, -0.25) is 18.7 Å². The molecule has 158 valence electrons. The molecule has 0 saturated heterocycles. The second kappa shape index (κ2) is 8.52. The van der Waals surface area contributed by atoms with E-state index < -0.39 is 11.2 Å². The van der Waals surface area contributed by atoms with Gasteiger partial charge in [0, 0.05) is 26.7 Å². The SMILES string of the molecule is COc1ccc(CCC(=O)Nc2c(C(C)C)cnc3c2c(=O)n(C)c(=O)n3C)cc1. The third-order valence-corrected chi connectivity index (χ3v) is 5.18. The molecule has 3 aromatic rings. The van der Waals surface area contributed by atoms with Crippen LogP contribution in [-0.2, 0) is 25.3 Å². The number of anilines is 1. The van der Waals surface area contributed by atoms with Crippen LogP contribution in [0.3, 0.4) is 0 Å². The van der Waals surface area contributed by atoms with Crippen molar-refractivity contribution in [2.24, 2.45) is 14.1 Å². The fourth-order valence-corrected chi connectivity index (χ4v) is 3.37. The van der Waals surface area contributed by atoms with E-state index in [0.29, 0.717) is 12.1 Å². The number of aryl methyl sites for hydroxylation is 2. The maximum Gasteiger partial charge on any atom is 0.332 e. The molecule has 2 heterocycles. The Morgan fingerprint density at radius 3 is 2.40 bits per heavy atom. The number of pyridine rings is 1. The van der Waals surface area contributed by atoms with Gasteiger partial charge in [0.1, 0.15) is 11.1 Å². The number of benzene rings is 1. The number of hydrogen-bond acceptors (Lipinski definition) is 5. The highest BCUT2D eigenvalue weighted by molar-refractivity contribution is 6.01. The lowest BCUT2D eigenvalue weighted by Gasteiger charge is -2.17. The van der Waals surface area contributed by atoms with E-state index in [0.717, 1.165) is 21.4 Å². The smallest absolute Gasteiger partial charge is 0.332 e. The molecule has 0 aliphatic carbocycles. The van der Waals surface area contributed by atoms with Gasteiger partial charge in [0.25, 0.3) is 5.56 Å². The van der Waals surface area contributed by atoms with E-state index in [-0.39, 0.29) is 29.3 Å². The summed E-state index contributed by atoms with van der Waals surface area (Å²) in [7, 11) is 4.58. The summed E-state index contributed by atoms with van der Waals surface area (Å²) in [6.07, 6.45) is 2.41. The van der Waals surface area contributed by atoms with Crippen LogP contribution in [0.2, 0.25) is 0 Å². The summed E-state index contributed by atoms with van der Waals surface area (Å²) in [4.78, 5) is 42.2. The zero-order valence-corrected chi connectivity index (χ0v) is 17.9. The van der Waals surface area contributed by atoms with Crippen molar-refractivity contribution in [3.8, 4) is 5.75 Å². The average molecular weight is 410 g/mol. The molecule has 0 aliphatic rings. The van der Waals surface area contributed by atoms with E-state index in [1.165, 1.54) is 11.6 Å². The second-order valence-corrected chi connectivity index (χ2v) is 7.54. The Labute approximate surface area is 174 Å². The molecular weight excluding hydrogens is 384 g/mol. The molecule has 0 unspecified atom stereocenters. The monoisotopic (exact) mass is 410 g/mol. The van der Waals surface area contributed by atoms with Crippen LogP contribution in [0.25, 0.3) is 11.0 Å². The molecule has 1 aromatic carbocycles. The first kappa shape index (κ1) is 21.3. The van der Waals surface area contributed by atoms with Gasteiger partial charge in [0.2, 0.25) is 5.91 Å². The predicted octanol–water partition coefficient (Wildman–Crippen LogP) is 2.34. The quantitative estimate of drug-likeness (QED) is 0.673. The van der Waals surface area contributed by atoms with Crippen molar-refractivity contribution in [2.45, 2.75) is 32.6 Å². The Kier molecular flexibility index (Phi) is 6.05. The molecule has 30 heavy (non-hydrogen) atoms. The Balaban J connectivity index is 1.97. The maximum absolute atomic E-state index is 12.9. The molecule has 0 aliphatic heterocycles. The van der Waals surface area contributed by atoms with Gasteiger partial charge in [-0.15, -0.1) is 0 Å². The zero-order chi connectivity index (χ0) is 22.0. The number of carbonyl (C=O) groups is 1. The van der Waals surface area contributed by atoms with E-state index in [2.05, 4.69) is 10.3 Å². The average Bonchev–Trinajstić information content (AvgIpc) is 2.74. The highest BCUT2D eigenvalue weighted by Gasteiger charge is 2.20. The summed E-state index contributed by atoms with van der Waals surface area (Å²) in [5.41, 5.74) is 1.48. The van der Waals surface area contributed by atoms with E-state index >= 15 is 0 Å². The lowest BCUT2D eigenvalue weighted by atomic mass is 10.0. The Morgan fingerprint density at radius 2 is 1.80 bits per heavy atom. The van der Waals surface area contributed by atoms with Crippen LogP contribution in [0.4, 0.5) is 5.69 Å². The normalized spacial score (nSPS) is 11.1. The number of nitrogens with zero attached hydrogens (tertiary/aromatic N) is 3. The predicted molar refractivity (Wildman–Crippen MR) is 116 cm³/mol. The van der Waals surface area contributed by atoms with Crippen LogP contribution >= 0.6 is 0 Å². The fraction of sp³-hybridized carbons (Fsp3) is 0.364. The summed E-state index contributed by atoms with van der Waals surface area (Å²) in [5.74, 6) is 0.575. The van der Waals surface area contributed by atoms with Gasteiger partial charge in [0.15, 0.2) is 5.65 Å². The van der Waals surface area contributed by atoms with Crippen molar-refractivity contribution in [3.63, 3.8) is 0 Å². The topological polar surface area (TPSA) is 95.2 Å². The summed E-state index contributed by atoms with van der Waals surface area (Å²) in [6.45, 7) is 3.92. The minimum absolute atomic E-state index is 0.0285. The standard InChI is InChI=1S/C22H26N4O4/c1-13(2)16-12-23-20-18(21(28)26(4)22(29)25(20)3)19(16)24-17(27)11-8-14-6-9-15(30-5)10-7-14/h6-7,9-10,12-13H,8,11H2,1-5H3,(H,23,24,27). The number of hydrogen-bond donors (Lipinski definition) is 1. The van der Waals surface area contributed by atoms with Crippen LogP contribution in [0.15, 0.2) is 40.1 Å². The zero-order valence-electron chi connectivity index (χ0n) is 17.9. The molecule has 2 aromatic heterocycles. The molecule has 0 fully saturated rings. The Morgan fingerprint density at radius 1 is 1.13 bits per heavy atom. The molecule has 0 spiro atoms. The van der Waals surface area contributed by atoms with Gasteiger partial charge in [-0.2, -0.15) is 0 Å². The van der Waals surface area contributed by atoms with Crippen LogP contribution in [0.1, 0.15) is 37.3 Å². The van der Waals surface area contributed by atoms with Crippen LogP contribution in [0.5, 0.6) is 5.75 Å². The number of ether oxygens (including phenoxy) is 1. The first-order chi connectivity index (χ1) is 14.2. The largest absolute Gasteiger partial charge is 0.497 e. The number of nitrogens with one attached hydrogen (secondary N) is 1. The van der Waals surface area contributed by atoms with Crippen molar-refractivity contribution in [1.82, 2.24) is 14.1 Å². The molecule has 3 rings (SSSR count). The van der Waals surface area contributed by atoms with Crippen molar-refractivity contribution in [3.05, 3.63) is 62.4 Å². The molecule has 0 bridgehead atoms. The molecule has 0 atom stereocenters. The van der Waals surface area contributed by atoms with E-state index in [4.69, 9.17) is 4.74 Å². The van der Waals surface area contributed by atoms with Gasteiger partial charge < -0.3 is 10.1 Å². The Hall–Kier alpha value is -3.42. The van der Waals surface area contributed by atoms with Gasteiger partial charge >= 0.3 is 5.69 Å². The van der Waals surface area contributed by atoms with Gasteiger partial charge in [0.05, 0.1) is 12.8 Å². The molecule has 1 N–H and O–H groups in total. The van der Waals surface area contributed by atoms with E-state index in [1.54, 1.807) is 20.4 Å². The van der Waals surface area contributed by atoms with Gasteiger partial charge in [-0.25, -0.2) is 9.78 Å². The number of carbonyl (C=O) groups excluding carboxylic acids is 1. The number of aromatic nitrogens is 3.